The number of phosphoric acid groups is 1. The number of hydrogen-bond acceptors (Lipinski definition) is 6. The van der Waals surface area contributed by atoms with Gasteiger partial charge in [-0.2, -0.15) is 0 Å². The van der Waals surface area contributed by atoms with Gasteiger partial charge in [-0.3, -0.25) is 4.52 Å². The zero-order chi connectivity index (χ0) is 16.0. The fraction of sp³-hybridized carbons (Fsp3) is 0.200. The lowest BCUT2D eigenvalue weighted by atomic mass is 10.3. The Kier molecular flexibility index (Phi) is 5.31. The molecule has 0 radical (unpaired) electrons. The summed E-state index contributed by atoms with van der Waals surface area (Å²) in [5, 5.41) is 0. The summed E-state index contributed by atoms with van der Waals surface area (Å²) in [6.07, 6.45) is 0. The predicted octanol–water partition coefficient (Wildman–Crippen LogP) is 3.92. The maximum atomic E-state index is 12.6. The molecule has 0 N–H and O–H groups in total. The molecule has 22 heavy (non-hydrogen) atoms. The Balaban J connectivity index is 2.18. The molecule has 0 bridgehead atoms. The first-order chi connectivity index (χ1) is 10.6. The molecule has 0 fully saturated rings. The van der Waals surface area contributed by atoms with Gasteiger partial charge in [0.2, 0.25) is 0 Å². The van der Waals surface area contributed by atoms with Crippen molar-refractivity contribution in [1.82, 2.24) is 0 Å². The smallest absolute Gasteiger partial charge is 0.497 e. The molecule has 2 aromatic rings. The number of benzene rings is 2. The quantitative estimate of drug-likeness (QED) is 0.719. The third-order valence-electron chi connectivity index (χ3n) is 2.74. The largest absolute Gasteiger partial charge is 0.587 e. The summed E-state index contributed by atoms with van der Waals surface area (Å²) in [6, 6.07) is 13.3. The van der Waals surface area contributed by atoms with Crippen molar-refractivity contribution in [3.63, 3.8) is 0 Å². The Morgan fingerprint density at radius 1 is 0.727 bits per heavy atom. The van der Waals surface area contributed by atoms with Crippen LogP contribution < -0.4 is 18.5 Å². The SMILES string of the molecule is COc1cccc(OP(=O)(OC)Oc2cccc(OC)c2)c1. The summed E-state index contributed by atoms with van der Waals surface area (Å²) in [6.45, 7) is 0. The van der Waals surface area contributed by atoms with Crippen LogP contribution in [0.4, 0.5) is 0 Å². The Labute approximate surface area is 129 Å². The average Bonchev–Trinajstić information content (AvgIpc) is 2.55. The molecule has 2 aromatic carbocycles. The van der Waals surface area contributed by atoms with Crippen LogP contribution in [0.25, 0.3) is 0 Å². The molecule has 0 saturated carbocycles. The first kappa shape index (κ1) is 16.2. The van der Waals surface area contributed by atoms with E-state index in [0.717, 1.165) is 0 Å². The van der Waals surface area contributed by atoms with E-state index in [9.17, 15) is 4.57 Å². The highest BCUT2D eigenvalue weighted by Crippen LogP contribution is 2.49. The Bertz CT molecular complexity index is 619. The van der Waals surface area contributed by atoms with E-state index in [1.807, 2.05) is 0 Å². The third-order valence-corrected chi connectivity index (χ3v) is 4.06. The van der Waals surface area contributed by atoms with Gasteiger partial charge in [0.05, 0.1) is 14.2 Å². The maximum absolute atomic E-state index is 12.6. The molecule has 0 spiro atoms. The van der Waals surface area contributed by atoms with Gasteiger partial charge >= 0.3 is 7.82 Å². The Hall–Kier alpha value is -2.17. The van der Waals surface area contributed by atoms with Crippen molar-refractivity contribution in [3.8, 4) is 23.0 Å². The number of rotatable bonds is 7. The van der Waals surface area contributed by atoms with Crippen molar-refractivity contribution < 1.29 is 27.6 Å². The minimum atomic E-state index is -3.82. The number of phosphoric ester groups is 1. The van der Waals surface area contributed by atoms with E-state index in [0.29, 0.717) is 23.0 Å². The van der Waals surface area contributed by atoms with E-state index in [1.165, 1.54) is 21.3 Å². The molecule has 7 heteroatoms. The average molecular weight is 324 g/mol. The standard InChI is InChI=1S/C15H17O6P/c1-17-12-6-4-8-14(10-12)20-22(16,19-3)21-15-9-5-7-13(11-15)18-2/h4-11H,1-3H3. The van der Waals surface area contributed by atoms with Crippen LogP contribution in [0, 0.1) is 0 Å². The molecule has 0 aromatic heterocycles. The first-order valence-corrected chi connectivity index (χ1v) is 7.87. The molecule has 0 atom stereocenters. The highest BCUT2D eigenvalue weighted by molar-refractivity contribution is 7.49. The van der Waals surface area contributed by atoms with Crippen molar-refractivity contribution in [3.05, 3.63) is 48.5 Å². The molecule has 118 valence electrons. The maximum Gasteiger partial charge on any atom is 0.587 e. The molecule has 0 amide bonds. The topological polar surface area (TPSA) is 63.2 Å². The van der Waals surface area contributed by atoms with E-state index >= 15 is 0 Å². The van der Waals surface area contributed by atoms with Crippen molar-refractivity contribution in [2.75, 3.05) is 21.3 Å². The van der Waals surface area contributed by atoms with Crippen LogP contribution in [0.15, 0.2) is 48.5 Å². The summed E-state index contributed by atoms with van der Waals surface area (Å²) in [5.41, 5.74) is 0. The third kappa shape index (κ3) is 4.16. The lowest BCUT2D eigenvalue weighted by molar-refractivity contribution is 0.249. The molecular weight excluding hydrogens is 307 g/mol. The van der Waals surface area contributed by atoms with Crippen LogP contribution in [0.1, 0.15) is 0 Å². The lowest BCUT2D eigenvalue weighted by Gasteiger charge is -2.17. The molecule has 0 aliphatic heterocycles. The number of methoxy groups -OCH3 is 2. The normalized spacial score (nSPS) is 10.9. The Morgan fingerprint density at radius 2 is 1.14 bits per heavy atom. The van der Waals surface area contributed by atoms with Gasteiger partial charge in [-0.05, 0) is 24.3 Å². The zero-order valence-electron chi connectivity index (χ0n) is 12.5. The monoisotopic (exact) mass is 324 g/mol. The highest BCUT2D eigenvalue weighted by atomic mass is 31.2. The first-order valence-electron chi connectivity index (χ1n) is 6.41. The second-order valence-corrected chi connectivity index (χ2v) is 5.80. The summed E-state index contributed by atoms with van der Waals surface area (Å²) in [5.74, 6) is 1.77. The predicted molar refractivity (Wildman–Crippen MR) is 81.9 cm³/mol. The van der Waals surface area contributed by atoms with Crippen LogP contribution in [0.5, 0.6) is 23.0 Å². The van der Waals surface area contributed by atoms with Gasteiger partial charge in [0.1, 0.15) is 23.0 Å². The van der Waals surface area contributed by atoms with E-state index in [2.05, 4.69) is 0 Å². The molecule has 0 aliphatic carbocycles. The second-order valence-electron chi connectivity index (χ2n) is 4.17. The van der Waals surface area contributed by atoms with Gasteiger partial charge < -0.3 is 18.5 Å². The van der Waals surface area contributed by atoms with Gasteiger partial charge in [-0.1, -0.05) is 12.1 Å². The van der Waals surface area contributed by atoms with Gasteiger partial charge in [0, 0.05) is 19.2 Å². The van der Waals surface area contributed by atoms with Gasteiger partial charge in [-0.15, -0.1) is 0 Å². The second kappa shape index (κ2) is 7.20. The molecule has 0 saturated heterocycles. The van der Waals surface area contributed by atoms with Crippen LogP contribution in [0.3, 0.4) is 0 Å². The fourth-order valence-electron chi connectivity index (χ4n) is 1.67. The van der Waals surface area contributed by atoms with Crippen molar-refractivity contribution in [1.29, 1.82) is 0 Å². The molecule has 2 rings (SSSR count). The van der Waals surface area contributed by atoms with Crippen LogP contribution in [-0.4, -0.2) is 21.3 Å². The van der Waals surface area contributed by atoms with E-state index in [1.54, 1.807) is 48.5 Å². The van der Waals surface area contributed by atoms with Crippen molar-refractivity contribution in [2.24, 2.45) is 0 Å². The molecule has 0 heterocycles. The van der Waals surface area contributed by atoms with Crippen LogP contribution in [-0.2, 0) is 9.09 Å². The van der Waals surface area contributed by atoms with Crippen LogP contribution in [0.2, 0.25) is 0 Å². The van der Waals surface area contributed by atoms with Crippen LogP contribution >= 0.6 is 7.82 Å². The molecule has 0 unspecified atom stereocenters. The summed E-state index contributed by atoms with van der Waals surface area (Å²) < 4.78 is 38.4. The summed E-state index contributed by atoms with van der Waals surface area (Å²) >= 11 is 0. The lowest BCUT2D eigenvalue weighted by Crippen LogP contribution is -2.03. The minimum absolute atomic E-state index is 0.312. The fourth-order valence-corrected chi connectivity index (χ4v) is 2.60. The molecule has 0 aliphatic rings. The Morgan fingerprint density at radius 3 is 1.50 bits per heavy atom. The van der Waals surface area contributed by atoms with E-state index in [4.69, 9.17) is 23.0 Å². The van der Waals surface area contributed by atoms with E-state index in [-0.39, 0.29) is 0 Å². The zero-order valence-corrected chi connectivity index (χ0v) is 13.4. The number of hydrogen-bond donors (Lipinski definition) is 0. The van der Waals surface area contributed by atoms with Gasteiger partial charge in [0.25, 0.3) is 0 Å². The minimum Gasteiger partial charge on any atom is -0.497 e. The van der Waals surface area contributed by atoms with Gasteiger partial charge in [-0.25, -0.2) is 4.57 Å². The van der Waals surface area contributed by atoms with E-state index < -0.39 is 7.82 Å². The highest BCUT2D eigenvalue weighted by Gasteiger charge is 2.29. The summed E-state index contributed by atoms with van der Waals surface area (Å²) in [4.78, 5) is 0. The molecule has 6 nitrogen and oxygen atoms in total. The van der Waals surface area contributed by atoms with Gasteiger partial charge in [0.15, 0.2) is 0 Å². The van der Waals surface area contributed by atoms with Crippen molar-refractivity contribution in [2.45, 2.75) is 0 Å². The summed E-state index contributed by atoms with van der Waals surface area (Å²) in [7, 11) is 0.494. The van der Waals surface area contributed by atoms with Crippen molar-refractivity contribution >= 4 is 7.82 Å². The molecular formula is C15H17O6P. The number of ether oxygens (including phenoxy) is 2.